The molecule has 1 unspecified atom stereocenters. The van der Waals surface area contributed by atoms with E-state index in [2.05, 4.69) is 5.32 Å². The molecule has 7 nitrogen and oxygen atoms in total. The second-order valence-corrected chi connectivity index (χ2v) is 7.03. The van der Waals surface area contributed by atoms with Gasteiger partial charge < -0.3 is 19.9 Å². The van der Waals surface area contributed by atoms with Gasteiger partial charge in [0.2, 0.25) is 0 Å². The molecule has 148 valence electrons. The maximum Gasteiger partial charge on any atom is 0.364 e. The zero-order valence-electron chi connectivity index (χ0n) is 15.8. The molecule has 2 N–H and O–H groups in total. The maximum absolute atomic E-state index is 12.2. The third-order valence-corrected chi connectivity index (χ3v) is 4.76. The topological polar surface area (TPSA) is 102 Å². The summed E-state index contributed by atoms with van der Waals surface area (Å²) >= 11 is 0. The van der Waals surface area contributed by atoms with Crippen LogP contribution in [-0.2, 0) is 19.1 Å². The minimum Gasteiger partial charge on any atom is -0.477 e. The Morgan fingerprint density at radius 3 is 2.37 bits per heavy atom. The number of Topliss-reactive ketones (excluding diaryl/α,β-unsaturated/α-hetero) is 1. The van der Waals surface area contributed by atoms with Gasteiger partial charge in [0.15, 0.2) is 5.78 Å². The van der Waals surface area contributed by atoms with Crippen molar-refractivity contribution in [2.24, 2.45) is 5.92 Å². The van der Waals surface area contributed by atoms with Crippen molar-refractivity contribution in [3.63, 3.8) is 0 Å². The van der Waals surface area contributed by atoms with Crippen molar-refractivity contribution in [1.82, 2.24) is 5.32 Å². The molecule has 0 aliphatic carbocycles. The van der Waals surface area contributed by atoms with Crippen LogP contribution < -0.4 is 5.32 Å². The summed E-state index contributed by atoms with van der Waals surface area (Å²) in [7, 11) is 0. The van der Waals surface area contributed by atoms with Gasteiger partial charge in [-0.15, -0.1) is 0 Å². The van der Waals surface area contributed by atoms with E-state index in [9.17, 15) is 14.4 Å². The van der Waals surface area contributed by atoms with E-state index >= 15 is 0 Å². The molecule has 1 aliphatic rings. The highest BCUT2D eigenvalue weighted by Crippen LogP contribution is 2.24. The lowest BCUT2D eigenvalue weighted by atomic mass is 9.98. The Balaban J connectivity index is 1.72. The normalized spacial score (nSPS) is 23.4. The number of hydrogen-bond donors (Lipinski definition) is 2. The van der Waals surface area contributed by atoms with Crippen LogP contribution in [0.25, 0.3) is 0 Å². The van der Waals surface area contributed by atoms with E-state index in [0.29, 0.717) is 25.2 Å². The molecule has 7 heteroatoms. The number of ketones is 1. The number of carbonyl (C=O) groups excluding carboxylic acids is 2. The van der Waals surface area contributed by atoms with Gasteiger partial charge in [0.1, 0.15) is 0 Å². The Kier molecular flexibility index (Phi) is 7.50. The highest BCUT2D eigenvalue weighted by atomic mass is 16.7. The fourth-order valence-corrected chi connectivity index (χ4v) is 2.92. The summed E-state index contributed by atoms with van der Waals surface area (Å²) in [5, 5.41) is 11.8. The number of amides is 1. The lowest BCUT2D eigenvalue weighted by molar-refractivity contribution is -0.271. The van der Waals surface area contributed by atoms with Gasteiger partial charge in [-0.25, -0.2) is 4.79 Å². The van der Waals surface area contributed by atoms with Gasteiger partial charge in [0, 0.05) is 18.4 Å². The first-order chi connectivity index (χ1) is 12.8. The van der Waals surface area contributed by atoms with Crippen molar-refractivity contribution >= 4 is 17.7 Å². The first kappa shape index (κ1) is 21.1. The van der Waals surface area contributed by atoms with Crippen LogP contribution in [0.3, 0.4) is 0 Å². The monoisotopic (exact) mass is 377 g/mol. The predicted octanol–water partition coefficient (Wildman–Crippen LogP) is 2.40. The zero-order valence-corrected chi connectivity index (χ0v) is 15.8. The van der Waals surface area contributed by atoms with Crippen molar-refractivity contribution in [2.75, 3.05) is 13.2 Å². The van der Waals surface area contributed by atoms with Crippen LogP contribution in [0.1, 0.15) is 49.9 Å². The Bertz CT molecular complexity index is 652. The summed E-state index contributed by atoms with van der Waals surface area (Å²) < 4.78 is 10.6. The van der Waals surface area contributed by atoms with Gasteiger partial charge in [-0.1, -0.05) is 31.0 Å². The number of hydrogen-bond acceptors (Lipinski definition) is 5. The van der Waals surface area contributed by atoms with E-state index in [1.54, 1.807) is 24.3 Å². The standard InChI is InChI=1S/C20H27NO6/c1-14(22)17(21-18(23)16-9-4-3-5-10-16)11-7-6-8-15-12-26-20(2,19(24)25)27-13-15/h3-5,9-10,15,17H,6-8,11-13H2,1-2H3,(H,21,23)(H,24,25)/t15-,17?,20+. The quantitative estimate of drug-likeness (QED) is 0.641. The Labute approximate surface area is 159 Å². The molecular weight excluding hydrogens is 350 g/mol. The minimum absolute atomic E-state index is 0.0687. The summed E-state index contributed by atoms with van der Waals surface area (Å²) in [5.74, 6) is -2.87. The van der Waals surface area contributed by atoms with E-state index in [1.165, 1.54) is 13.8 Å². The average molecular weight is 377 g/mol. The SMILES string of the molecule is CC(=O)C(CCCC[C@H]1CO[C@@](C)(C(=O)O)OC1)NC(=O)c1ccccc1. The number of ether oxygens (including phenoxy) is 2. The van der Waals surface area contributed by atoms with Gasteiger partial charge in [-0.2, -0.15) is 0 Å². The maximum atomic E-state index is 12.2. The second kappa shape index (κ2) is 9.62. The molecule has 0 saturated carbocycles. The molecule has 1 heterocycles. The minimum atomic E-state index is -1.56. The number of unbranched alkanes of at least 4 members (excludes halogenated alkanes) is 1. The van der Waals surface area contributed by atoms with Crippen molar-refractivity contribution in [3.05, 3.63) is 35.9 Å². The number of carboxylic acids is 1. The van der Waals surface area contributed by atoms with Crippen LogP contribution >= 0.6 is 0 Å². The molecule has 1 fully saturated rings. The van der Waals surface area contributed by atoms with Crippen LogP contribution in [0.4, 0.5) is 0 Å². The molecular formula is C20H27NO6. The molecule has 0 bridgehead atoms. The van der Waals surface area contributed by atoms with Crippen LogP contribution in [-0.4, -0.2) is 47.8 Å². The van der Waals surface area contributed by atoms with Crippen LogP contribution in [0, 0.1) is 5.92 Å². The van der Waals surface area contributed by atoms with Gasteiger partial charge in [-0.05, 0) is 31.9 Å². The molecule has 0 radical (unpaired) electrons. The molecule has 1 aliphatic heterocycles. The van der Waals surface area contributed by atoms with Crippen LogP contribution in [0.5, 0.6) is 0 Å². The molecule has 1 aromatic carbocycles. The highest BCUT2D eigenvalue weighted by Gasteiger charge is 2.40. The fraction of sp³-hybridized carbons (Fsp3) is 0.550. The van der Waals surface area contributed by atoms with E-state index in [0.717, 1.165) is 19.3 Å². The second-order valence-electron chi connectivity index (χ2n) is 7.03. The third-order valence-electron chi connectivity index (χ3n) is 4.76. The molecule has 2 rings (SSSR count). The molecule has 0 spiro atoms. The van der Waals surface area contributed by atoms with Gasteiger partial charge in [-0.3, -0.25) is 9.59 Å². The number of carboxylic acid groups (broad SMARTS) is 1. The highest BCUT2D eigenvalue weighted by molar-refractivity contribution is 5.97. The zero-order chi connectivity index (χ0) is 19.9. The Morgan fingerprint density at radius 2 is 1.81 bits per heavy atom. The van der Waals surface area contributed by atoms with E-state index in [1.807, 2.05) is 6.07 Å². The molecule has 0 aromatic heterocycles. The van der Waals surface area contributed by atoms with Gasteiger partial charge >= 0.3 is 5.97 Å². The van der Waals surface area contributed by atoms with Crippen molar-refractivity contribution in [2.45, 2.75) is 51.4 Å². The number of nitrogens with one attached hydrogen (secondary N) is 1. The predicted molar refractivity (Wildman–Crippen MR) is 98.3 cm³/mol. The third kappa shape index (κ3) is 6.15. The van der Waals surface area contributed by atoms with Crippen molar-refractivity contribution in [3.8, 4) is 0 Å². The lowest BCUT2D eigenvalue weighted by Crippen LogP contribution is -2.47. The average Bonchev–Trinajstić information content (AvgIpc) is 2.66. The number of aliphatic carboxylic acids is 1. The lowest BCUT2D eigenvalue weighted by Gasteiger charge is -2.34. The number of carbonyl (C=O) groups is 3. The van der Waals surface area contributed by atoms with Gasteiger partial charge in [0.25, 0.3) is 11.7 Å². The summed E-state index contributed by atoms with van der Waals surface area (Å²) in [6.07, 6.45) is 2.99. The molecule has 27 heavy (non-hydrogen) atoms. The molecule has 1 saturated heterocycles. The number of rotatable bonds is 9. The van der Waals surface area contributed by atoms with Crippen molar-refractivity contribution < 1.29 is 29.0 Å². The van der Waals surface area contributed by atoms with Gasteiger partial charge in [0.05, 0.1) is 19.3 Å². The Hall–Kier alpha value is -2.25. The summed E-state index contributed by atoms with van der Waals surface area (Å²) in [6.45, 7) is 3.55. The molecule has 1 aromatic rings. The Morgan fingerprint density at radius 1 is 1.19 bits per heavy atom. The first-order valence-corrected chi connectivity index (χ1v) is 9.19. The summed E-state index contributed by atoms with van der Waals surface area (Å²) in [4.78, 5) is 35.1. The molecule has 1 atom stereocenters. The smallest absolute Gasteiger partial charge is 0.364 e. The molecule has 1 amide bonds. The van der Waals surface area contributed by atoms with Crippen molar-refractivity contribution in [1.29, 1.82) is 0 Å². The van der Waals surface area contributed by atoms with E-state index in [4.69, 9.17) is 14.6 Å². The van der Waals surface area contributed by atoms with E-state index in [-0.39, 0.29) is 17.6 Å². The van der Waals surface area contributed by atoms with E-state index < -0.39 is 17.8 Å². The fourth-order valence-electron chi connectivity index (χ4n) is 2.92. The number of benzene rings is 1. The van der Waals surface area contributed by atoms with Crippen LogP contribution in [0.15, 0.2) is 30.3 Å². The first-order valence-electron chi connectivity index (χ1n) is 9.19. The summed E-state index contributed by atoms with van der Waals surface area (Å²) in [5.41, 5.74) is 0.529. The largest absolute Gasteiger partial charge is 0.477 e. The summed E-state index contributed by atoms with van der Waals surface area (Å²) in [6, 6.07) is 8.30. The van der Waals surface area contributed by atoms with Crippen LogP contribution in [0.2, 0.25) is 0 Å².